The van der Waals surface area contributed by atoms with E-state index in [2.05, 4.69) is 10.8 Å². The number of rotatable bonds is 12. The van der Waals surface area contributed by atoms with Gasteiger partial charge in [0.2, 0.25) is 5.91 Å². The molecule has 0 aromatic rings. The van der Waals surface area contributed by atoms with E-state index in [4.69, 9.17) is 60.7 Å². The molecule has 8 unspecified atom stereocenters. The van der Waals surface area contributed by atoms with E-state index >= 15 is 0 Å². The van der Waals surface area contributed by atoms with Gasteiger partial charge in [0.25, 0.3) is 0 Å². The van der Waals surface area contributed by atoms with Crippen molar-refractivity contribution in [3.05, 3.63) is 0 Å². The molecule has 8 atom stereocenters. The van der Waals surface area contributed by atoms with Crippen LogP contribution >= 0.6 is 46.4 Å². The number of halogens is 4. The summed E-state index contributed by atoms with van der Waals surface area (Å²) in [5, 5.41) is 20.3. The minimum atomic E-state index is -1.08. The van der Waals surface area contributed by atoms with E-state index in [1.807, 2.05) is 0 Å². The molecule has 0 bridgehead atoms. The average molecular weight is 690 g/mol. The van der Waals surface area contributed by atoms with Crippen LogP contribution in [0.15, 0.2) is 0 Å². The number of hydrogen-bond donors (Lipinski definition) is 4. The summed E-state index contributed by atoms with van der Waals surface area (Å²) < 4.78 is 12.0. The lowest BCUT2D eigenvalue weighted by Gasteiger charge is -2.37. The highest BCUT2D eigenvalue weighted by molar-refractivity contribution is 6.25. The SMILES string of the molecule is O=C(O)C1C(Cl)CCC(Cl)C1CONC1CCC(OCOC2CCC(NC(=O)C3C(Cl)CCC(Cl)C3C(=O)O)CC2)CC1. The highest BCUT2D eigenvalue weighted by atomic mass is 35.5. The van der Waals surface area contributed by atoms with Gasteiger partial charge in [-0.1, -0.05) is 0 Å². The standard InChI is InChI=1S/C29H44Cl4N2O8/c30-20-9-10-21(31)24(28(37)38)19(20)13-43-35-16-3-7-18(8-4-16)42-14-41-17-5-1-15(2-6-17)34-27(36)25-22(32)11-12-23(33)26(25)29(39)40/h15-26,35H,1-14H2,(H,34,36)(H,37,38)(H,39,40). The van der Waals surface area contributed by atoms with E-state index in [0.29, 0.717) is 25.7 Å². The minimum absolute atomic E-state index is 0.0433. The van der Waals surface area contributed by atoms with Crippen LogP contribution in [0.3, 0.4) is 0 Å². The number of hydroxylamine groups is 1. The molecule has 0 aromatic carbocycles. The van der Waals surface area contributed by atoms with Crippen LogP contribution in [0.1, 0.15) is 77.0 Å². The number of amides is 1. The number of nitrogens with one attached hydrogen (secondary N) is 2. The molecule has 4 fully saturated rings. The molecular formula is C29H44Cl4N2O8. The molecule has 43 heavy (non-hydrogen) atoms. The van der Waals surface area contributed by atoms with Gasteiger partial charge in [-0.25, -0.2) is 0 Å². The predicted molar refractivity (Wildman–Crippen MR) is 163 cm³/mol. The van der Waals surface area contributed by atoms with E-state index < -0.39 is 45.8 Å². The van der Waals surface area contributed by atoms with Crippen molar-refractivity contribution in [2.24, 2.45) is 23.7 Å². The minimum Gasteiger partial charge on any atom is -0.481 e. The van der Waals surface area contributed by atoms with Gasteiger partial charge in [-0.3, -0.25) is 14.4 Å². The third kappa shape index (κ3) is 9.70. The van der Waals surface area contributed by atoms with Gasteiger partial charge < -0.3 is 29.8 Å². The molecule has 0 saturated heterocycles. The Morgan fingerprint density at radius 3 is 1.60 bits per heavy atom. The quantitative estimate of drug-likeness (QED) is 0.128. The molecular weight excluding hydrogens is 646 g/mol. The lowest BCUT2D eigenvalue weighted by Crippen LogP contribution is -2.51. The first-order chi connectivity index (χ1) is 20.5. The molecule has 4 aliphatic carbocycles. The Morgan fingerprint density at radius 2 is 1.07 bits per heavy atom. The number of aliphatic carboxylic acids is 2. The molecule has 1 amide bonds. The fourth-order valence-electron chi connectivity index (χ4n) is 7.03. The van der Waals surface area contributed by atoms with Gasteiger partial charge >= 0.3 is 11.9 Å². The van der Waals surface area contributed by atoms with E-state index in [-0.39, 0.29) is 54.9 Å². The van der Waals surface area contributed by atoms with Gasteiger partial charge in [0.1, 0.15) is 6.79 Å². The zero-order valence-corrected chi connectivity index (χ0v) is 27.2. The summed E-state index contributed by atoms with van der Waals surface area (Å²) in [6.45, 7) is 0.415. The van der Waals surface area contributed by atoms with Crippen molar-refractivity contribution >= 4 is 64.2 Å². The van der Waals surface area contributed by atoms with E-state index in [1.54, 1.807) is 0 Å². The van der Waals surface area contributed by atoms with Crippen LogP contribution in [0.25, 0.3) is 0 Å². The van der Waals surface area contributed by atoms with Crippen LogP contribution in [0.2, 0.25) is 0 Å². The molecule has 0 aromatic heterocycles. The van der Waals surface area contributed by atoms with E-state index in [9.17, 15) is 24.6 Å². The van der Waals surface area contributed by atoms with Crippen molar-refractivity contribution in [2.45, 2.75) is 123 Å². The Balaban J connectivity index is 1.08. The first kappa shape index (κ1) is 35.3. The number of carbonyl (C=O) groups is 3. The normalized spacial score (nSPS) is 40.5. The molecule has 0 radical (unpaired) electrons. The molecule has 0 aliphatic heterocycles. The maximum Gasteiger partial charge on any atom is 0.308 e. The molecule has 4 rings (SSSR count). The van der Waals surface area contributed by atoms with Crippen molar-refractivity contribution in [3.63, 3.8) is 0 Å². The van der Waals surface area contributed by atoms with Crippen molar-refractivity contribution in [2.75, 3.05) is 13.4 Å². The van der Waals surface area contributed by atoms with Crippen LogP contribution in [0.4, 0.5) is 0 Å². The van der Waals surface area contributed by atoms with Crippen LogP contribution in [0.5, 0.6) is 0 Å². The van der Waals surface area contributed by atoms with Gasteiger partial charge in [-0.05, 0) is 77.0 Å². The van der Waals surface area contributed by atoms with Gasteiger partial charge in [0, 0.05) is 39.5 Å². The molecule has 14 heteroatoms. The molecule has 4 saturated carbocycles. The summed E-state index contributed by atoms with van der Waals surface area (Å²) in [4.78, 5) is 42.1. The summed E-state index contributed by atoms with van der Waals surface area (Å²) in [7, 11) is 0. The zero-order valence-electron chi connectivity index (χ0n) is 24.2. The first-order valence-corrected chi connectivity index (χ1v) is 17.2. The number of hydrogen-bond acceptors (Lipinski definition) is 7. The Hall–Kier alpha value is -0.590. The summed E-state index contributed by atoms with van der Waals surface area (Å²) in [6, 6.07) is 0.106. The Kier molecular flexibility index (Phi) is 13.8. The fraction of sp³-hybridized carbons (Fsp3) is 0.897. The van der Waals surface area contributed by atoms with Crippen LogP contribution < -0.4 is 10.8 Å². The van der Waals surface area contributed by atoms with Gasteiger partial charge in [-0.2, -0.15) is 5.48 Å². The zero-order chi connectivity index (χ0) is 31.1. The number of carboxylic acids is 2. The summed E-state index contributed by atoms with van der Waals surface area (Å²) in [6.07, 6.45) is 8.86. The monoisotopic (exact) mass is 688 g/mol. The number of ether oxygens (including phenoxy) is 2. The topological polar surface area (TPSA) is 143 Å². The Bertz CT molecular complexity index is 934. The second-order valence-corrected chi connectivity index (χ2v) is 14.7. The highest BCUT2D eigenvalue weighted by Crippen LogP contribution is 2.39. The lowest BCUT2D eigenvalue weighted by molar-refractivity contribution is -0.149. The third-order valence-corrected chi connectivity index (χ3v) is 11.6. The predicted octanol–water partition coefficient (Wildman–Crippen LogP) is 4.89. The summed E-state index contributed by atoms with van der Waals surface area (Å²) in [5.74, 6) is -5.23. The van der Waals surface area contributed by atoms with Crippen LogP contribution in [-0.2, 0) is 28.7 Å². The molecule has 4 N–H and O–H groups in total. The molecule has 246 valence electrons. The van der Waals surface area contributed by atoms with Crippen molar-refractivity contribution in [3.8, 4) is 0 Å². The van der Waals surface area contributed by atoms with Crippen molar-refractivity contribution in [1.29, 1.82) is 0 Å². The van der Waals surface area contributed by atoms with E-state index in [0.717, 1.165) is 51.4 Å². The number of carbonyl (C=O) groups excluding carboxylic acids is 1. The molecule has 10 nitrogen and oxygen atoms in total. The van der Waals surface area contributed by atoms with Crippen molar-refractivity contribution in [1.82, 2.24) is 10.8 Å². The Morgan fingerprint density at radius 1 is 0.605 bits per heavy atom. The molecule has 0 heterocycles. The largest absolute Gasteiger partial charge is 0.481 e. The van der Waals surface area contributed by atoms with E-state index in [1.165, 1.54) is 0 Å². The molecule has 0 spiro atoms. The van der Waals surface area contributed by atoms with Crippen LogP contribution in [0, 0.1) is 23.7 Å². The summed E-state index contributed by atoms with van der Waals surface area (Å²) in [5.41, 5.74) is 3.09. The fourth-order valence-corrected chi connectivity index (χ4v) is 8.59. The smallest absolute Gasteiger partial charge is 0.308 e. The number of carboxylic acid groups (broad SMARTS) is 2. The third-order valence-electron chi connectivity index (χ3n) is 9.62. The highest BCUT2D eigenvalue weighted by Gasteiger charge is 2.47. The average Bonchev–Trinajstić information content (AvgIpc) is 2.97. The summed E-state index contributed by atoms with van der Waals surface area (Å²) >= 11 is 25.3. The maximum absolute atomic E-state index is 13.0. The lowest BCUT2D eigenvalue weighted by atomic mass is 9.77. The Labute approximate surface area is 273 Å². The maximum atomic E-state index is 13.0. The van der Waals surface area contributed by atoms with Gasteiger partial charge in [-0.15, -0.1) is 46.4 Å². The number of alkyl halides is 4. The van der Waals surface area contributed by atoms with Gasteiger partial charge in [0.15, 0.2) is 0 Å². The first-order valence-electron chi connectivity index (χ1n) is 15.5. The second kappa shape index (κ2) is 16.8. The van der Waals surface area contributed by atoms with Gasteiger partial charge in [0.05, 0.1) is 36.6 Å². The second-order valence-electron chi connectivity index (χ2n) is 12.5. The van der Waals surface area contributed by atoms with Crippen molar-refractivity contribution < 1.29 is 38.9 Å². The molecule has 4 aliphatic rings. The van der Waals surface area contributed by atoms with Crippen LogP contribution in [-0.4, -0.2) is 87.3 Å².